The number of hydrogen-bond donors (Lipinski definition) is 1. The molecule has 0 radical (unpaired) electrons. The van der Waals surface area contributed by atoms with E-state index >= 15 is 0 Å². The molecule has 1 unspecified atom stereocenters. The highest BCUT2D eigenvalue weighted by Gasteiger charge is 2.08. The largest absolute Gasteiger partial charge is 0.497 e. The second-order valence-electron chi connectivity index (χ2n) is 5.18. The number of methoxy groups -OCH3 is 2. The number of rotatable bonds is 6. The van der Waals surface area contributed by atoms with Crippen molar-refractivity contribution in [2.75, 3.05) is 14.2 Å². The summed E-state index contributed by atoms with van der Waals surface area (Å²) in [5, 5.41) is 3.55. The average molecular weight is 285 g/mol. The fraction of sp³-hybridized carbons (Fsp3) is 0.333. The van der Waals surface area contributed by atoms with Crippen molar-refractivity contribution in [2.45, 2.75) is 26.4 Å². The molecule has 0 aliphatic carbocycles. The van der Waals surface area contributed by atoms with Crippen LogP contribution in [-0.4, -0.2) is 14.2 Å². The summed E-state index contributed by atoms with van der Waals surface area (Å²) in [6.45, 7) is 5.09. The number of hydrogen-bond acceptors (Lipinski definition) is 3. The first-order chi connectivity index (χ1) is 10.1. The summed E-state index contributed by atoms with van der Waals surface area (Å²) >= 11 is 0. The van der Waals surface area contributed by atoms with Gasteiger partial charge in [0.15, 0.2) is 0 Å². The zero-order chi connectivity index (χ0) is 15.2. The lowest BCUT2D eigenvalue weighted by atomic mass is 10.0. The zero-order valence-corrected chi connectivity index (χ0v) is 13.1. The molecule has 0 aromatic heterocycles. The predicted molar refractivity (Wildman–Crippen MR) is 86.0 cm³/mol. The van der Waals surface area contributed by atoms with Crippen LogP contribution in [0.25, 0.3) is 0 Å². The van der Waals surface area contributed by atoms with E-state index in [1.807, 2.05) is 18.2 Å². The molecule has 0 amide bonds. The second-order valence-corrected chi connectivity index (χ2v) is 5.18. The molecule has 0 saturated heterocycles. The Hall–Kier alpha value is -2.00. The molecule has 0 aliphatic heterocycles. The molecule has 2 aromatic rings. The lowest BCUT2D eigenvalue weighted by Gasteiger charge is -2.17. The Bertz CT molecular complexity index is 573. The van der Waals surface area contributed by atoms with Crippen LogP contribution in [0.3, 0.4) is 0 Å². The van der Waals surface area contributed by atoms with Crippen molar-refractivity contribution >= 4 is 0 Å². The lowest BCUT2D eigenvalue weighted by Crippen LogP contribution is -2.18. The van der Waals surface area contributed by atoms with Crippen LogP contribution >= 0.6 is 0 Å². The van der Waals surface area contributed by atoms with E-state index in [0.717, 1.165) is 23.6 Å². The average Bonchev–Trinajstić information content (AvgIpc) is 2.52. The smallest absolute Gasteiger partial charge is 0.122 e. The van der Waals surface area contributed by atoms with E-state index in [0.29, 0.717) is 6.04 Å². The van der Waals surface area contributed by atoms with Crippen LogP contribution in [0.1, 0.15) is 29.7 Å². The highest BCUT2D eigenvalue weighted by Crippen LogP contribution is 2.23. The summed E-state index contributed by atoms with van der Waals surface area (Å²) in [6, 6.07) is 14.7. The number of benzene rings is 2. The maximum absolute atomic E-state index is 5.30. The third kappa shape index (κ3) is 3.99. The van der Waals surface area contributed by atoms with Gasteiger partial charge in [0.25, 0.3) is 0 Å². The van der Waals surface area contributed by atoms with E-state index in [1.165, 1.54) is 11.1 Å². The molecule has 2 rings (SSSR count). The summed E-state index contributed by atoms with van der Waals surface area (Å²) in [6.07, 6.45) is 0. The number of ether oxygens (including phenoxy) is 2. The van der Waals surface area contributed by atoms with Gasteiger partial charge in [-0.1, -0.05) is 24.3 Å². The maximum atomic E-state index is 5.30. The van der Waals surface area contributed by atoms with Crippen molar-refractivity contribution in [3.8, 4) is 11.5 Å². The topological polar surface area (TPSA) is 30.5 Å². The third-order valence-electron chi connectivity index (χ3n) is 3.68. The molecular weight excluding hydrogens is 262 g/mol. The van der Waals surface area contributed by atoms with Crippen molar-refractivity contribution in [3.63, 3.8) is 0 Å². The van der Waals surface area contributed by atoms with Crippen LogP contribution in [0.2, 0.25) is 0 Å². The predicted octanol–water partition coefficient (Wildman–Crippen LogP) is 3.86. The van der Waals surface area contributed by atoms with Gasteiger partial charge in [-0.3, -0.25) is 0 Å². The van der Waals surface area contributed by atoms with Crippen LogP contribution in [0, 0.1) is 6.92 Å². The molecule has 2 aromatic carbocycles. The molecule has 3 heteroatoms. The molecule has 0 heterocycles. The molecule has 21 heavy (non-hydrogen) atoms. The molecule has 0 saturated carbocycles. The molecule has 3 nitrogen and oxygen atoms in total. The van der Waals surface area contributed by atoms with Crippen molar-refractivity contribution in [1.29, 1.82) is 0 Å². The molecule has 1 atom stereocenters. The number of nitrogens with one attached hydrogen (secondary N) is 1. The van der Waals surface area contributed by atoms with Crippen molar-refractivity contribution in [3.05, 3.63) is 59.2 Å². The van der Waals surface area contributed by atoms with E-state index in [2.05, 4.69) is 43.4 Å². The molecule has 0 spiro atoms. The Morgan fingerprint density at radius 3 is 2.19 bits per heavy atom. The Balaban J connectivity index is 2.07. The highest BCUT2D eigenvalue weighted by molar-refractivity contribution is 5.38. The molecule has 0 aliphatic rings. The molecule has 0 fully saturated rings. The van der Waals surface area contributed by atoms with E-state index in [9.17, 15) is 0 Å². The quantitative estimate of drug-likeness (QED) is 0.874. The monoisotopic (exact) mass is 285 g/mol. The fourth-order valence-corrected chi connectivity index (χ4v) is 2.42. The standard InChI is InChI=1S/C18H23NO2/c1-13-7-5-6-8-18(13)14(2)19-12-15-9-16(20-3)11-17(10-15)21-4/h5-11,14,19H,12H2,1-4H3. The third-order valence-corrected chi connectivity index (χ3v) is 3.68. The molecule has 0 bridgehead atoms. The Morgan fingerprint density at radius 2 is 1.62 bits per heavy atom. The van der Waals surface area contributed by atoms with Gasteiger partial charge >= 0.3 is 0 Å². The lowest BCUT2D eigenvalue weighted by molar-refractivity contribution is 0.392. The van der Waals surface area contributed by atoms with Crippen LogP contribution in [0.5, 0.6) is 11.5 Å². The Labute approximate surface area is 126 Å². The first kappa shape index (κ1) is 15.4. The first-order valence-electron chi connectivity index (χ1n) is 7.15. The van der Waals surface area contributed by atoms with Gasteiger partial charge in [-0.15, -0.1) is 0 Å². The van der Waals surface area contributed by atoms with E-state index in [4.69, 9.17) is 9.47 Å². The summed E-state index contributed by atoms with van der Waals surface area (Å²) in [4.78, 5) is 0. The zero-order valence-electron chi connectivity index (χ0n) is 13.1. The van der Waals surface area contributed by atoms with E-state index in [1.54, 1.807) is 14.2 Å². The van der Waals surface area contributed by atoms with Crippen LogP contribution in [0.4, 0.5) is 0 Å². The van der Waals surface area contributed by atoms with Gasteiger partial charge < -0.3 is 14.8 Å². The normalized spacial score (nSPS) is 12.0. The van der Waals surface area contributed by atoms with Gasteiger partial charge in [0.2, 0.25) is 0 Å². The fourth-order valence-electron chi connectivity index (χ4n) is 2.42. The Morgan fingerprint density at radius 1 is 1.00 bits per heavy atom. The first-order valence-corrected chi connectivity index (χ1v) is 7.15. The Kier molecular flexibility index (Phi) is 5.23. The van der Waals surface area contributed by atoms with Gasteiger partial charge in [0.05, 0.1) is 14.2 Å². The van der Waals surface area contributed by atoms with Crippen LogP contribution in [-0.2, 0) is 6.54 Å². The molecular formula is C18H23NO2. The summed E-state index contributed by atoms with van der Waals surface area (Å²) in [5.74, 6) is 1.63. The highest BCUT2D eigenvalue weighted by atomic mass is 16.5. The maximum Gasteiger partial charge on any atom is 0.122 e. The summed E-state index contributed by atoms with van der Waals surface area (Å²) < 4.78 is 10.6. The van der Waals surface area contributed by atoms with Gasteiger partial charge in [-0.2, -0.15) is 0 Å². The minimum Gasteiger partial charge on any atom is -0.497 e. The van der Waals surface area contributed by atoms with Gasteiger partial charge in [-0.25, -0.2) is 0 Å². The van der Waals surface area contributed by atoms with Crippen molar-refractivity contribution < 1.29 is 9.47 Å². The SMILES string of the molecule is COc1cc(CNC(C)c2ccccc2C)cc(OC)c1. The van der Waals surface area contributed by atoms with Gasteiger partial charge in [-0.05, 0) is 42.7 Å². The van der Waals surface area contributed by atoms with E-state index < -0.39 is 0 Å². The van der Waals surface area contributed by atoms with Crippen LogP contribution < -0.4 is 14.8 Å². The summed E-state index contributed by atoms with van der Waals surface area (Å²) in [5.41, 5.74) is 3.78. The van der Waals surface area contributed by atoms with Crippen LogP contribution in [0.15, 0.2) is 42.5 Å². The van der Waals surface area contributed by atoms with Gasteiger partial charge in [0.1, 0.15) is 11.5 Å². The molecule has 112 valence electrons. The van der Waals surface area contributed by atoms with Crippen molar-refractivity contribution in [2.24, 2.45) is 0 Å². The number of aryl methyl sites for hydroxylation is 1. The second kappa shape index (κ2) is 7.14. The summed E-state index contributed by atoms with van der Waals surface area (Å²) in [7, 11) is 3.34. The van der Waals surface area contributed by atoms with Crippen molar-refractivity contribution in [1.82, 2.24) is 5.32 Å². The van der Waals surface area contributed by atoms with Gasteiger partial charge in [0, 0.05) is 18.7 Å². The minimum absolute atomic E-state index is 0.295. The minimum atomic E-state index is 0.295. The van der Waals surface area contributed by atoms with E-state index in [-0.39, 0.29) is 0 Å². The molecule has 1 N–H and O–H groups in total.